The van der Waals surface area contributed by atoms with Gasteiger partial charge in [-0.1, -0.05) is 0 Å². The zero-order valence-corrected chi connectivity index (χ0v) is 12.5. The second-order valence-corrected chi connectivity index (χ2v) is 5.97. The molecule has 1 aliphatic heterocycles. The number of carbonyl (C=O) groups is 1. The number of fused-ring (bicyclic) bond motifs is 1. The largest absolute Gasteiger partial charge is 0.346 e. The van der Waals surface area contributed by atoms with Crippen molar-refractivity contribution in [3.05, 3.63) is 40.7 Å². The number of aromatic amines is 1. The lowest BCUT2D eigenvalue weighted by Gasteiger charge is -2.15. The number of hydrogen-bond acceptors (Lipinski definition) is 2. The molecule has 3 heterocycles. The highest BCUT2D eigenvalue weighted by atomic mass is 79.9. The molecule has 1 unspecified atom stereocenters. The number of nitrogens with zero attached hydrogens (tertiary/aromatic N) is 2. The van der Waals surface area contributed by atoms with Gasteiger partial charge in [-0.2, -0.15) is 8.78 Å². The molecule has 1 N–H and O–H groups in total. The summed E-state index contributed by atoms with van der Waals surface area (Å²) in [4.78, 5) is 20.8. The van der Waals surface area contributed by atoms with Gasteiger partial charge in [0, 0.05) is 47.7 Å². The van der Waals surface area contributed by atoms with E-state index in [0.29, 0.717) is 13.1 Å². The van der Waals surface area contributed by atoms with E-state index in [4.69, 9.17) is 0 Å². The van der Waals surface area contributed by atoms with Crippen LogP contribution in [0.1, 0.15) is 12.0 Å². The van der Waals surface area contributed by atoms with Gasteiger partial charge in [-0.25, -0.2) is 4.98 Å². The molecule has 0 saturated carbocycles. The summed E-state index contributed by atoms with van der Waals surface area (Å²) in [6.07, 6.45) is 2.77. The van der Waals surface area contributed by atoms with Gasteiger partial charge in [0.15, 0.2) is 0 Å². The van der Waals surface area contributed by atoms with Crippen LogP contribution in [0, 0.1) is 5.92 Å². The smallest absolute Gasteiger partial charge is 0.266 e. The van der Waals surface area contributed by atoms with Gasteiger partial charge in [0.05, 0.1) is 0 Å². The van der Waals surface area contributed by atoms with Gasteiger partial charge in [-0.15, -0.1) is 0 Å². The van der Waals surface area contributed by atoms with Crippen LogP contribution >= 0.6 is 15.9 Å². The number of hydrogen-bond donors (Lipinski definition) is 1. The third kappa shape index (κ3) is 2.97. The molecular weight excluding hydrogens is 344 g/mol. The first-order valence-electron chi connectivity index (χ1n) is 6.45. The summed E-state index contributed by atoms with van der Waals surface area (Å²) in [6.45, 7) is 0.722. The number of pyridine rings is 1. The fourth-order valence-corrected chi connectivity index (χ4v) is 2.95. The highest BCUT2D eigenvalue weighted by molar-refractivity contribution is 9.10. The topological polar surface area (TPSA) is 49.0 Å². The first kappa shape index (κ1) is 14.2. The van der Waals surface area contributed by atoms with E-state index < -0.39 is 12.0 Å². The Morgan fingerprint density at radius 1 is 1.57 bits per heavy atom. The van der Waals surface area contributed by atoms with Crippen molar-refractivity contribution in [1.82, 2.24) is 14.9 Å². The summed E-state index contributed by atoms with van der Waals surface area (Å²) < 4.78 is 25.4. The summed E-state index contributed by atoms with van der Waals surface area (Å²) in [5.74, 6) is -0.507. The molecule has 0 bridgehead atoms. The molecule has 0 aromatic carbocycles. The van der Waals surface area contributed by atoms with Gasteiger partial charge in [-0.3, -0.25) is 4.79 Å². The Hall–Kier alpha value is -1.76. The molecule has 2 aromatic heterocycles. The summed E-state index contributed by atoms with van der Waals surface area (Å²) in [7, 11) is 0. The van der Waals surface area contributed by atoms with Crippen molar-refractivity contribution in [2.75, 3.05) is 6.54 Å². The molecule has 110 valence electrons. The zero-order chi connectivity index (χ0) is 15.0. The van der Waals surface area contributed by atoms with Gasteiger partial charge in [0.25, 0.3) is 6.08 Å². The highest BCUT2D eigenvalue weighted by Gasteiger charge is 2.29. The van der Waals surface area contributed by atoms with E-state index in [2.05, 4.69) is 25.9 Å². The average molecular weight is 356 g/mol. The molecule has 7 heteroatoms. The van der Waals surface area contributed by atoms with Crippen LogP contribution in [-0.2, 0) is 11.3 Å². The Morgan fingerprint density at radius 2 is 2.38 bits per heavy atom. The normalized spacial score (nSPS) is 18.5. The van der Waals surface area contributed by atoms with Gasteiger partial charge in [0.2, 0.25) is 5.91 Å². The number of carbonyl (C=O) groups excluding carboxylic acids is 1. The Labute approximate surface area is 128 Å². The van der Waals surface area contributed by atoms with E-state index in [1.165, 1.54) is 0 Å². The summed E-state index contributed by atoms with van der Waals surface area (Å²) in [6, 6.07) is 1.92. The number of likely N-dealkylation sites (tertiary alicyclic amines) is 1. The van der Waals surface area contributed by atoms with E-state index in [9.17, 15) is 13.6 Å². The van der Waals surface area contributed by atoms with E-state index in [-0.39, 0.29) is 12.3 Å². The summed E-state index contributed by atoms with van der Waals surface area (Å²) in [5.41, 5.74) is 1.67. The average Bonchev–Trinajstić information content (AvgIpc) is 2.94. The maximum atomic E-state index is 12.3. The van der Waals surface area contributed by atoms with Crippen molar-refractivity contribution >= 4 is 32.9 Å². The van der Waals surface area contributed by atoms with E-state index >= 15 is 0 Å². The SMILES string of the molecule is O=C1CC(C=C(F)F)CN1Cc1c[nH]c2ncc(Br)cc12. The van der Waals surface area contributed by atoms with Crippen LogP contribution in [0.2, 0.25) is 0 Å². The molecule has 21 heavy (non-hydrogen) atoms. The molecule has 0 aliphatic carbocycles. The fourth-order valence-electron chi connectivity index (χ4n) is 2.61. The van der Waals surface area contributed by atoms with Crippen LogP contribution in [0.15, 0.2) is 35.1 Å². The summed E-state index contributed by atoms with van der Waals surface area (Å²) in [5, 5.41) is 0.924. The quantitative estimate of drug-likeness (QED) is 0.916. The predicted octanol–water partition coefficient (Wildman–Crippen LogP) is 3.45. The highest BCUT2D eigenvalue weighted by Crippen LogP contribution is 2.26. The van der Waals surface area contributed by atoms with Crippen molar-refractivity contribution in [2.24, 2.45) is 5.92 Å². The maximum absolute atomic E-state index is 12.3. The molecule has 1 atom stereocenters. The van der Waals surface area contributed by atoms with Crippen molar-refractivity contribution in [3.63, 3.8) is 0 Å². The van der Waals surface area contributed by atoms with Gasteiger partial charge >= 0.3 is 0 Å². The van der Waals surface area contributed by atoms with Crippen molar-refractivity contribution in [1.29, 1.82) is 0 Å². The molecule has 1 amide bonds. The number of aromatic nitrogens is 2. The van der Waals surface area contributed by atoms with Crippen LogP contribution in [0.25, 0.3) is 11.0 Å². The number of halogens is 3. The predicted molar refractivity (Wildman–Crippen MR) is 77.6 cm³/mol. The van der Waals surface area contributed by atoms with Crippen LogP contribution < -0.4 is 0 Å². The molecule has 1 saturated heterocycles. The monoisotopic (exact) mass is 355 g/mol. The number of rotatable bonds is 3. The van der Waals surface area contributed by atoms with Gasteiger partial charge < -0.3 is 9.88 Å². The number of H-pyrrole nitrogens is 1. The Bertz CT molecular complexity index is 724. The lowest BCUT2D eigenvalue weighted by Crippen LogP contribution is -2.24. The minimum Gasteiger partial charge on any atom is -0.346 e. The number of nitrogens with one attached hydrogen (secondary N) is 1. The Balaban J connectivity index is 1.81. The van der Waals surface area contributed by atoms with Gasteiger partial charge in [-0.05, 0) is 33.6 Å². The molecule has 1 aliphatic rings. The van der Waals surface area contributed by atoms with Crippen molar-refractivity contribution in [3.8, 4) is 0 Å². The zero-order valence-electron chi connectivity index (χ0n) is 10.9. The second-order valence-electron chi connectivity index (χ2n) is 5.06. The summed E-state index contributed by atoms with van der Waals surface area (Å²) >= 11 is 3.36. The minimum atomic E-state index is -1.73. The molecule has 0 radical (unpaired) electrons. The first-order chi connectivity index (χ1) is 10.0. The third-order valence-corrected chi connectivity index (χ3v) is 3.98. The van der Waals surface area contributed by atoms with Crippen LogP contribution in [-0.4, -0.2) is 27.3 Å². The van der Waals surface area contributed by atoms with Crippen LogP contribution in [0.3, 0.4) is 0 Å². The molecule has 3 rings (SSSR count). The lowest BCUT2D eigenvalue weighted by atomic mass is 10.1. The van der Waals surface area contributed by atoms with E-state index in [0.717, 1.165) is 27.1 Å². The molecule has 1 fully saturated rings. The lowest BCUT2D eigenvalue weighted by molar-refractivity contribution is -0.128. The molecule has 0 spiro atoms. The molecular formula is C14H12BrF2N3O. The fraction of sp³-hybridized carbons (Fsp3) is 0.286. The Morgan fingerprint density at radius 3 is 3.14 bits per heavy atom. The Kier molecular flexibility index (Phi) is 3.75. The second kappa shape index (κ2) is 5.55. The van der Waals surface area contributed by atoms with Gasteiger partial charge in [0.1, 0.15) is 5.65 Å². The van der Waals surface area contributed by atoms with Crippen LogP contribution in [0.5, 0.6) is 0 Å². The first-order valence-corrected chi connectivity index (χ1v) is 7.24. The standard InChI is InChI=1S/C14H12BrF2N3O/c15-10-3-11-9(4-18-14(11)19-5-10)7-20-6-8(1-12(16)17)2-13(20)21/h1,3-5,8H,2,6-7H2,(H,18,19). The van der Waals surface area contributed by atoms with Crippen molar-refractivity contribution < 1.29 is 13.6 Å². The molecule has 4 nitrogen and oxygen atoms in total. The van der Waals surface area contributed by atoms with Crippen molar-refractivity contribution in [2.45, 2.75) is 13.0 Å². The van der Waals surface area contributed by atoms with E-state index in [1.54, 1.807) is 17.3 Å². The number of amides is 1. The minimum absolute atomic E-state index is 0.102. The third-order valence-electron chi connectivity index (χ3n) is 3.55. The van der Waals surface area contributed by atoms with E-state index in [1.807, 2.05) is 6.07 Å². The maximum Gasteiger partial charge on any atom is 0.266 e. The molecule has 2 aromatic rings. The van der Waals surface area contributed by atoms with Crippen LogP contribution in [0.4, 0.5) is 8.78 Å².